The van der Waals surface area contributed by atoms with Crippen LogP contribution in [0.2, 0.25) is 0 Å². The van der Waals surface area contributed by atoms with Gasteiger partial charge in [-0.3, -0.25) is 4.79 Å². The van der Waals surface area contributed by atoms with Gasteiger partial charge in [0.05, 0.1) is 11.3 Å². The molecule has 0 radical (unpaired) electrons. The van der Waals surface area contributed by atoms with Gasteiger partial charge in [-0.1, -0.05) is 12.1 Å². The van der Waals surface area contributed by atoms with Gasteiger partial charge in [0.25, 0.3) is 5.91 Å². The number of rotatable bonds is 6. The first kappa shape index (κ1) is 19.2. The van der Waals surface area contributed by atoms with Crippen molar-refractivity contribution in [1.82, 2.24) is 14.7 Å². The Morgan fingerprint density at radius 2 is 2.08 bits per heavy atom. The van der Waals surface area contributed by atoms with E-state index in [-0.39, 0.29) is 5.91 Å². The van der Waals surface area contributed by atoms with Gasteiger partial charge in [-0.2, -0.15) is 0 Å². The van der Waals surface area contributed by atoms with Gasteiger partial charge in [0.1, 0.15) is 0 Å². The smallest absolute Gasteiger partial charge is 0.256 e. The fourth-order valence-corrected chi connectivity index (χ4v) is 4.18. The first-order chi connectivity index (χ1) is 12.6. The maximum absolute atomic E-state index is 13.2. The number of benzene rings is 1. The molecule has 1 atom stereocenters. The van der Waals surface area contributed by atoms with Crippen LogP contribution >= 0.6 is 0 Å². The Hall–Kier alpha value is -1.59. The van der Waals surface area contributed by atoms with E-state index in [0.717, 1.165) is 63.2 Å². The third-order valence-electron chi connectivity index (χ3n) is 5.73. The lowest BCUT2D eigenvalue weighted by Gasteiger charge is -2.38. The zero-order chi connectivity index (χ0) is 18.5. The SMILES string of the molecule is CN(C)CCCN(C)C1CCCN(C(=O)c2cccc3c2NCCC3)C1. The van der Waals surface area contributed by atoms with Crippen LogP contribution in [0.25, 0.3) is 0 Å². The minimum Gasteiger partial charge on any atom is -0.384 e. The zero-order valence-corrected chi connectivity index (χ0v) is 16.6. The predicted octanol–water partition coefficient (Wildman–Crippen LogP) is 2.53. The summed E-state index contributed by atoms with van der Waals surface area (Å²) in [6, 6.07) is 6.65. The summed E-state index contributed by atoms with van der Waals surface area (Å²) in [7, 11) is 6.45. The van der Waals surface area contributed by atoms with Crippen molar-refractivity contribution in [2.75, 3.05) is 59.2 Å². The number of piperidine rings is 1. The highest BCUT2D eigenvalue weighted by Crippen LogP contribution is 2.28. The molecule has 2 aliphatic rings. The molecule has 2 aliphatic heterocycles. The van der Waals surface area contributed by atoms with E-state index in [0.29, 0.717) is 6.04 Å². The Morgan fingerprint density at radius 1 is 1.23 bits per heavy atom. The molecule has 1 N–H and O–H groups in total. The number of hydrogen-bond donors (Lipinski definition) is 1. The van der Waals surface area contributed by atoms with Crippen LogP contribution in [0.1, 0.15) is 41.6 Å². The summed E-state index contributed by atoms with van der Waals surface area (Å²) >= 11 is 0. The van der Waals surface area contributed by atoms with Crippen molar-refractivity contribution in [2.45, 2.75) is 38.1 Å². The number of fused-ring (bicyclic) bond motifs is 1. The second-order valence-electron chi connectivity index (χ2n) is 8.05. The quantitative estimate of drug-likeness (QED) is 0.848. The largest absolute Gasteiger partial charge is 0.384 e. The van der Waals surface area contributed by atoms with Crippen molar-refractivity contribution in [3.63, 3.8) is 0 Å². The summed E-state index contributed by atoms with van der Waals surface area (Å²) in [6.45, 7) is 4.90. The molecule has 1 saturated heterocycles. The first-order valence-electron chi connectivity index (χ1n) is 10.1. The van der Waals surface area contributed by atoms with Crippen LogP contribution in [0.15, 0.2) is 18.2 Å². The minimum absolute atomic E-state index is 0.197. The number of likely N-dealkylation sites (tertiary alicyclic amines) is 1. The Bertz CT molecular complexity index is 616. The topological polar surface area (TPSA) is 38.8 Å². The van der Waals surface area contributed by atoms with Crippen LogP contribution in [0.5, 0.6) is 0 Å². The molecule has 0 saturated carbocycles. The summed E-state index contributed by atoms with van der Waals surface area (Å²) in [6.07, 6.45) is 5.67. The molecule has 144 valence electrons. The Labute approximate surface area is 158 Å². The van der Waals surface area contributed by atoms with Gasteiger partial charge in [-0.25, -0.2) is 0 Å². The van der Waals surface area contributed by atoms with Crippen molar-refractivity contribution >= 4 is 11.6 Å². The van der Waals surface area contributed by atoms with Gasteiger partial charge < -0.3 is 20.0 Å². The summed E-state index contributed by atoms with van der Waals surface area (Å²) in [5.74, 6) is 0.197. The van der Waals surface area contributed by atoms with Gasteiger partial charge in [-0.05, 0) is 78.0 Å². The molecule has 1 aromatic rings. The standard InChI is InChI=1S/C21H34N4O/c1-23(2)13-7-14-24(3)18-10-6-15-25(16-18)21(26)19-11-4-8-17-9-5-12-22-20(17)19/h4,8,11,18,22H,5-7,9-10,12-16H2,1-3H3. The number of carbonyl (C=O) groups excluding carboxylic acids is 1. The molecule has 26 heavy (non-hydrogen) atoms. The molecule has 1 amide bonds. The molecule has 0 aliphatic carbocycles. The lowest BCUT2D eigenvalue weighted by molar-refractivity contribution is 0.0608. The van der Waals surface area contributed by atoms with E-state index in [4.69, 9.17) is 0 Å². The average Bonchev–Trinajstić information content (AvgIpc) is 2.66. The summed E-state index contributed by atoms with van der Waals surface area (Å²) in [5, 5.41) is 3.46. The normalized spacial score (nSPS) is 20.2. The predicted molar refractivity (Wildman–Crippen MR) is 108 cm³/mol. The van der Waals surface area contributed by atoms with E-state index < -0.39 is 0 Å². The van der Waals surface area contributed by atoms with Crippen LogP contribution in [-0.2, 0) is 6.42 Å². The molecule has 0 aromatic heterocycles. The van der Waals surface area contributed by atoms with Crippen molar-refractivity contribution in [1.29, 1.82) is 0 Å². The number of likely N-dealkylation sites (N-methyl/N-ethyl adjacent to an activating group) is 1. The number of nitrogens with zero attached hydrogens (tertiary/aromatic N) is 3. The average molecular weight is 359 g/mol. The molecular formula is C21H34N4O. The number of para-hydroxylation sites is 1. The fraction of sp³-hybridized carbons (Fsp3) is 0.667. The van der Waals surface area contributed by atoms with Crippen molar-refractivity contribution in [3.8, 4) is 0 Å². The van der Waals surface area contributed by atoms with E-state index in [1.807, 2.05) is 12.1 Å². The van der Waals surface area contributed by atoms with Gasteiger partial charge in [0.2, 0.25) is 0 Å². The van der Waals surface area contributed by atoms with Crippen LogP contribution in [-0.4, -0.2) is 80.5 Å². The monoisotopic (exact) mass is 358 g/mol. The van der Waals surface area contributed by atoms with Crippen molar-refractivity contribution in [2.24, 2.45) is 0 Å². The van der Waals surface area contributed by atoms with Gasteiger partial charge >= 0.3 is 0 Å². The number of nitrogens with one attached hydrogen (secondary N) is 1. The lowest BCUT2D eigenvalue weighted by Crippen LogP contribution is -2.49. The van der Waals surface area contributed by atoms with Crippen LogP contribution in [0.4, 0.5) is 5.69 Å². The van der Waals surface area contributed by atoms with Crippen LogP contribution in [0, 0.1) is 0 Å². The van der Waals surface area contributed by atoms with Crippen LogP contribution < -0.4 is 5.32 Å². The number of anilines is 1. The van der Waals surface area contributed by atoms with E-state index >= 15 is 0 Å². The highest BCUT2D eigenvalue weighted by Gasteiger charge is 2.28. The summed E-state index contributed by atoms with van der Waals surface area (Å²) in [4.78, 5) is 20.0. The third kappa shape index (κ3) is 4.57. The number of hydrogen-bond acceptors (Lipinski definition) is 4. The maximum Gasteiger partial charge on any atom is 0.256 e. The molecule has 0 bridgehead atoms. The molecule has 1 unspecified atom stereocenters. The van der Waals surface area contributed by atoms with Gasteiger partial charge in [0, 0.05) is 25.7 Å². The number of amides is 1. The molecule has 5 heteroatoms. The van der Waals surface area contributed by atoms with Gasteiger partial charge in [0.15, 0.2) is 0 Å². The van der Waals surface area contributed by atoms with E-state index in [1.165, 1.54) is 18.4 Å². The first-order valence-corrected chi connectivity index (χ1v) is 10.1. The number of carbonyl (C=O) groups is 1. The highest BCUT2D eigenvalue weighted by atomic mass is 16.2. The molecule has 0 spiro atoms. The van der Waals surface area contributed by atoms with Crippen molar-refractivity contribution in [3.05, 3.63) is 29.3 Å². The Balaban J connectivity index is 1.63. The zero-order valence-electron chi connectivity index (χ0n) is 16.6. The Kier molecular flexibility index (Phi) is 6.54. The molecule has 2 heterocycles. The molecule has 1 aromatic carbocycles. The van der Waals surface area contributed by atoms with E-state index in [2.05, 4.69) is 47.2 Å². The Morgan fingerprint density at radius 3 is 2.88 bits per heavy atom. The van der Waals surface area contributed by atoms with E-state index in [9.17, 15) is 4.79 Å². The van der Waals surface area contributed by atoms with E-state index in [1.54, 1.807) is 0 Å². The van der Waals surface area contributed by atoms with Crippen LogP contribution in [0.3, 0.4) is 0 Å². The molecular weight excluding hydrogens is 324 g/mol. The molecule has 3 rings (SSSR count). The minimum atomic E-state index is 0.197. The number of aryl methyl sites for hydroxylation is 1. The van der Waals surface area contributed by atoms with Gasteiger partial charge in [-0.15, -0.1) is 0 Å². The highest BCUT2D eigenvalue weighted by molar-refractivity contribution is 6.00. The maximum atomic E-state index is 13.2. The molecule has 1 fully saturated rings. The second-order valence-corrected chi connectivity index (χ2v) is 8.05. The second kappa shape index (κ2) is 8.87. The lowest BCUT2D eigenvalue weighted by atomic mass is 9.97. The fourth-order valence-electron chi connectivity index (χ4n) is 4.18. The third-order valence-corrected chi connectivity index (χ3v) is 5.73. The summed E-state index contributed by atoms with van der Waals surface area (Å²) < 4.78 is 0. The summed E-state index contributed by atoms with van der Waals surface area (Å²) in [5.41, 5.74) is 3.22. The molecule has 5 nitrogen and oxygen atoms in total. The van der Waals surface area contributed by atoms with Crippen molar-refractivity contribution < 1.29 is 4.79 Å².